The highest BCUT2D eigenvalue weighted by molar-refractivity contribution is 7.91. The fraction of sp³-hybridized carbons (Fsp3) is 0.900. The standard InChI is InChI=1S/C10H19NO3S/c1-2-3-4-5-10(12)11-9-6-7-15(13,14)8-9/h9H,2-8H2,1H3,(H,11,12). The number of hydrogen-bond acceptors (Lipinski definition) is 3. The van der Waals surface area contributed by atoms with Crippen LogP contribution in [0, 0.1) is 0 Å². The number of rotatable bonds is 5. The molecule has 1 aliphatic heterocycles. The molecule has 0 bridgehead atoms. The van der Waals surface area contributed by atoms with E-state index >= 15 is 0 Å². The van der Waals surface area contributed by atoms with Gasteiger partial charge in [0.1, 0.15) is 0 Å². The third-order valence-corrected chi connectivity index (χ3v) is 4.37. The highest BCUT2D eigenvalue weighted by atomic mass is 32.2. The Bertz CT molecular complexity index is 311. The fourth-order valence-electron chi connectivity index (χ4n) is 1.74. The fourth-order valence-corrected chi connectivity index (χ4v) is 3.42. The minimum absolute atomic E-state index is 0.00875. The van der Waals surface area contributed by atoms with Gasteiger partial charge in [0.25, 0.3) is 0 Å². The van der Waals surface area contributed by atoms with Gasteiger partial charge in [-0.3, -0.25) is 4.79 Å². The molecular formula is C10H19NO3S. The Morgan fingerprint density at radius 2 is 2.13 bits per heavy atom. The van der Waals surface area contributed by atoms with E-state index in [0.29, 0.717) is 12.8 Å². The summed E-state index contributed by atoms with van der Waals surface area (Å²) in [5.41, 5.74) is 0. The normalized spacial score (nSPS) is 23.9. The number of amides is 1. The zero-order valence-corrected chi connectivity index (χ0v) is 9.98. The van der Waals surface area contributed by atoms with Crippen LogP contribution in [-0.4, -0.2) is 31.9 Å². The summed E-state index contributed by atoms with van der Waals surface area (Å²) < 4.78 is 22.3. The Labute approximate surface area is 91.4 Å². The van der Waals surface area contributed by atoms with Crippen LogP contribution in [0.15, 0.2) is 0 Å². The van der Waals surface area contributed by atoms with Crippen LogP contribution in [0.1, 0.15) is 39.0 Å². The molecule has 0 aromatic heterocycles. The average Bonchev–Trinajstić information content (AvgIpc) is 2.46. The second kappa shape index (κ2) is 5.49. The van der Waals surface area contributed by atoms with Crippen molar-refractivity contribution in [1.82, 2.24) is 5.32 Å². The lowest BCUT2D eigenvalue weighted by Gasteiger charge is -2.10. The molecule has 1 aliphatic rings. The van der Waals surface area contributed by atoms with E-state index in [9.17, 15) is 13.2 Å². The molecule has 0 aromatic carbocycles. The van der Waals surface area contributed by atoms with Gasteiger partial charge in [0.15, 0.2) is 9.84 Å². The topological polar surface area (TPSA) is 63.2 Å². The minimum atomic E-state index is -2.88. The number of unbranched alkanes of at least 4 members (excludes halogenated alkanes) is 2. The van der Waals surface area contributed by atoms with Gasteiger partial charge in [0.05, 0.1) is 11.5 Å². The van der Waals surface area contributed by atoms with Crippen molar-refractivity contribution in [3.63, 3.8) is 0 Å². The van der Waals surface area contributed by atoms with E-state index in [1.165, 1.54) is 0 Å². The van der Waals surface area contributed by atoms with Crippen molar-refractivity contribution in [2.24, 2.45) is 0 Å². The monoisotopic (exact) mass is 233 g/mol. The van der Waals surface area contributed by atoms with Crippen LogP contribution in [0.5, 0.6) is 0 Å². The SMILES string of the molecule is CCCCCC(=O)NC1CCS(=O)(=O)C1. The number of nitrogens with one attached hydrogen (secondary N) is 1. The maximum atomic E-state index is 11.4. The molecule has 15 heavy (non-hydrogen) atoms. The van der Waals surface area contributed by atoms with Crippen LogP contribution in [0.2, 0.25) is 0 Å². The number of hydrogen-bond donors (Lipinski definition) is 1. The molecule has 1 heterocycles. The second-order valence-electron chi connectivity index (χ2n) is 4.12. The highest BCUT2D eigenvalue weighted by Crippen LogP contribution is 2.11. The van der Waals surface area contributed by atoms with E-state index < -0.39 is 9.84 Å². The van der Waals surface area contributed by atoms with Gasteiger partial charge >= 0.3 is 0 Å². The molecule has 4 nitrogen and oxygen atoms in total. The van der Waals surface area contributed by atoms with Crippen LogP contribution < -0.4 is 5.32 Å². The molecule has 0 saturated carbocycles. The predicted molar refractivity (Wildman–Crippen MR) is 59.3 cm³/mol. The molecule has 5 heteroatoms. The van der Waals surface area contributed by atoms with Crippen LogP contribution >= 0.6 is 0 Å². The lowest BCUT2D eigenvalue weighted by molar-refractivity contribution is -0.121. The van der Waals surface area contributed by atoms with Gasteiger partial charge in [-0.25, -0.2) is 8.42 Å². The summed E-state index contributed by atoms with van der Waals surface area (Å²) >= 11 is 0. The van der Waals surface area contributed by atoms with Crippen molar-refractivity contribution in [1.29, 1.82) is 0 Å². The van der Waals surface area contributed by atoms with Gasteiger partial charge in [-0.05, 0) is 12.8 Å². The first-order chi connectivity index (χ1) is 7.03. The highest BCUT2D eigenvalue weighted by Gasteiger charge is 2.28. The summed E-state index contributed by atoms with van der Waals surface area (Å²) in [6.45, 7) is 2.08. The van der Waals surface area contributed by atoms with Gasteiger partial charge in [-0.2, -0.15) is 0 Å². The largest absolute Gasteiger partial charge is 0.352 e. The predicted octanol–water partition coefficient (Wildman–Crippen LogP) is 0.870. The van der Waals surface area contributed by atoms with E-state index in [0.717, 1.165) is 19.3 Å². The Balaban J connectivity index is 2.22. The average molecular weight is 233 g/mol. The van der Waals surface area contributed by atoms with Crippen LogP contribution in [0.3, 0.4) is 0 Å². The van der Waals surface area contributed by atoms with Gasteiger partial charge in [-0.1, -0.05) is 19.8 Å². The van der Waals surface area contributed by atoms with Gasteiger partial charge in [0, 0.05) is 12.5 Å². The van der Waals surface area contributed by atoms with Gasteiger partial charge < -0.3 is 5.32 Å². The van der Waals surface area contributed by atoms with E-state index in [-0.39, 0.29) is 23.5 Å². The first-order valence-corrected chi connectivity index (χ1v) is 7.35. The van der Waals surface area contributed by atoms with Crippen LogP contribution in [0.4, 0.5) is 0 Å². The van der Waals surface area contributed by atoms with Crippen molar-refractivity contribution in [2.45, 2.75) is 45.1 Å². The summed E-state index contributed by atoms with van der Waals surface area (Å²) in [5.74, 6) is 0.324. The van der Waals surface area contributed by atoms with E-state index in [1.54, 1.807) is 0 Å². The van der Waals surface area contributed by atoms with E-state index in [1.807, 2.05) is 0 Å². The maximum Gasteiger partial charge on any atom is 0.220 e. The Hall–Kier alpha value is -0.580. The molecule has 88 valence electrons. The smallest absolute Gasteiger partial charge is 0.220 e. The Morgan fingerprint density at radius 3 is 2.67 bits per heavy atom. The van der Waals surface area contributed by atoms with Crippen molar-refractivity contribution < 1.29 is 13.2 Å². The van der Waals surface area contributed by atoms with Crippen LogP contribution in [-0.2, 0) is 14.6 Å². The zero-order chi connectivity index (χ0) is 11.3. The third-order valence-electron chi connectivity index (χ3n) is 2.60. The quantitative estimate of drug-likeness (QED) is 0.717. The van der Waals surface area contributed by atoms with Crippen molar-refractivity contribution >= 4 is 15.7 Å². The van der Waals surface area contributed by atoms with E-state index in [2.05, 4.69) is 12.2 Å². The lowest BCUT2D eigenvalue weighted by atomic mass is 10.2. The number of sulfone groups is 1. The molecule has 1 unspecified atom stereocenters. The molecule has 0 spiro atoms. The molecular weight excluding hydrogens is 214 g/mol. The first kappa shape index (κ1) is 12.5. The molecule has 1 atom stereocenters. The van der Waals surface area contributed by atoms with Crippen molar-refractivity contribution in [3.05, 3.63) is 0 Å². The minimum Gasteiger partial charge on any atom is -0.352 e. The molecule has 1 saturated heterocycles. The van der Waals surface area contributed by atoms with Gasteiger partial charge in [0.2, 0.25) is 5.91 Å². The zero-order valence-electron chi connectivity index (χ0n) is 9.16. The first-order valence-electron chi connectivity index (χ1n) is 5.53. The van der Waals surface area contributed by atoms with Crippen LogP contribution in [0.25, 0.3) is 0 Å². The summed E-state index contributed by atoms with van der Waals surface area (Å²) in [6, 6.07) is -0.149. The second-order valence-corrected chi connectivity index (χ2v) is 6.35. The molecule has 1 fully saturated rings. The van der Waals surface area contributed by atoms with E-state index in [4.69, 9.17) is 0 Å². The summed E-state index contributed by atoms with van der Waals surface area (Å²) in [6.07, 6.45) is 4.12. The summed E-state index contributed by atoms with van der Waals surface area (Å²) in [7, 11) is -2.88. The summed E-state index contributed by atoms with van der Waals surface area (Å²) in [5, 5.41) is 2.78. The lowest BCUT2D eigenvalue weighted by Crippen LogP contribution is -2.35. The Kier molecular flexibility index (Phi) is 4.57. The maximum absolute atomic E-state index is 11.4. The molecule has 1 N–H and O–H groups in total. The molecule has 0 aromatic rings. The number of carbonyl (C=O) groups excluding carboxylic acids is 1. The Morgan fingerprint density at radius 1 is 1.40 bits per heavy atom. The van der Waals surface area contributed by atoms with Gasteiger partial charge in [-0.15, -0.1) is 0 Å². The molecule has 1 amide bonds. The van der Waals surface area contributed by atoms with Crippen molar-refractivity contribution in [2.75, 3.05) is 11.5 Å². The summed E-state index contributed by atoms with van der Waals surface area (Å²) in [4.78, 5) is 11.4. The molecule has 1 rings (SSSR count). The third kappa shape index (κ3) is 4.64. The van der Waals surface area contributed by atoms with Crippen molar-refractivity contribution in [3.8, 4) is 0 Å². The molecule has 0 aliphatic carbocycles. The number of carbonyl (C=O) groups is 1. The molecule has 0 radical (unpaired) electrons.